The SMILES string of the molecule is CC/C=C\C/C=C\C/C=C\C/C=C\C/C=C\CCCCCCCCCCCC(=O)OCC(COC(=O)CCCCCCCCC/C=C\C/C=C\C/C=C\CC)OC(=O)CCCCCCCCCCC/C=C\CCCCCCCC. The third kappa shape index (κ3) is 64.8. The van der Waals surface area contributed by atoms with E-state index in [1.54, 1.807) is 0 Å². The van der Waals surface area contributed by atoms with E-state index in [1.165, 1.54) is 154 Å². The minimum absolute atomic E-state index is 0.0851. The van der Waals surface area contributed by atoms with Crippen LogP contribution in [0.5, 0.6) is 0 Å². The summed E-state index contributed by atoms with van der Waals surface area (Å²) in [7, 11) is 0. The van der Waals surface area contributed by atoms with Gasteiger partial charge >= 0.3 is 17.9 Å². The molecule has 0 saturated carbocycles. The van der Waals surface area contributed by atoms with Crippen LogP contribution < -0.4 is 0 Å². The molecule has 0 saturated heterocycles. The second-order valence-electron chi connectivity index (χ2n) is 22.0. The molecule has 0 heterocycles. The fourth-order valence-electron chi connectivity index (χ4n) is 9.30. The molecule has 0 aliphatic carbocycles. The Bertz CT molecular complexity index is 1590. The Morgan fingerprint density at radius 3 is 0.785 bits per heavy atom. The molecular weight excluding hydrogens is 973 g/mol. The number of hydrogen-bond acceptors (Lipinski definition) is 6. The average Bonchev–Trinajstić information content (AvgIpc) is 3.45. The molecule has 6 heteroatoms. The summed E-state index contributed by atoms with van der Waals surface area (Å²) in [6.45, 7) is 6.43. The number of hydrogen-bond donors (Lipinski definition) is 0. The van der Waals surface area contributed by atoms with Crippen molar-refractivity contribution in [2.24, 2.45) is 0 Å². The number of ether oxygens (including phenoxy) is 3. The van der Waals surface area contributed by atoms with Crippen LogP contribution in [0.3, 0.4) is 0 Å². The molecule has 0 aliphatic heterocycles. The lowest BCUT2D eigenvalue weighted by atomic mass is 10.1. The molecule has 6 nitrogen and oxygen atoms in total. The normalized spacial score (nSPS) is 12.8. The standard InChI is InChI=1S/C73H124O6/c1-4-7-10-13-16-19-22-25-28-31-33-34-35-36-37-38-40-42-45-48-51-54-57-60-63-66-72(75)78-69-70(68-77-71(74)65-62-59-56-53-50-47-44-41-30-27-24-21-18-15-12-9-6-3)79-73(76)67-64-61-58-55-52-49-46-43-39-32-29-26-23-20-17-14-11-8-5-2/h7,9-10,12,16,18-19,21,25-30,33-34,36-37,70H,4-6,8,11,13-15,17,20,22-24,31-32,35,38-69H2,1-3H3/b10-7-,12-9-,19-16-,21-18-,28-25-,29-26-,30-27-,34-33-,37-36-. The first-order valence-electron chi connectivity index (χ1n) is 33.4. The maximum atomic E-state index is 12.9. The highest BCUT2D eigenvalue weighted by Gasteiger charge is 2.19. The molecule has 0 fully saturated rings. The largest absolute Gasteiger partial charge is 0.462 e. The zero-order valence-electron chi connectivity index (χ0n) is 51.9. The van der Waals surface area contributed by atoms with Gasteiger partial charge in [0.1, 0.15) is 13.2 Å². The fourth-order valence-corrected chi connectivity index (χ4v) is 9.30. The Hall–Kier alpha value is -3.93. The van der Waals surface area contributed by atoms with E-state index >= 15 is 0 Å². The summed E-state index contributed by atoms with van der Waals surface area (Å²) in [5, 5.41) is 0. The van der Waals surface area contributed by atoms with Crippen LogP contribution in [0.2, 0.25) is 0 Å². The van der Waals surface area contributed by atoms with E-state index in [1.807, 2.05) is 0 Å². The third-order valence-electron chi connectivity index (χ3n) is 14.2. The monoisotopic (exact) mass is 1100 g/mol. The summed E-state index contributed by atoms with van der Waals surface area (Å²) in [6, 6.07) is 0. The third-order valence-corrected chi connectivity index (χ3v) is 14.2. The molecule has 79 heavy (non-hydrogen) atoms. The van der Waals surface area contributed by atoms with Gasteiger partial charge in [-0.3, -0.25) is 14.4 Å². The van der Waals surface area contributed by atoms with Gasteiger partial charge in [-0.05, 0) is 122 Å². The highest BCUT2D eigenvalue weighted by atomic mass is 16.6. The van der Waals surface area contributed by atoms with Gasteiger partial charge in [-0.1, -0.05) is 284 Å². The van der Waals surface area contributed by atoms with Crippen molar-refractivity contribution in [1.29, 1.82) is 0 Å². The number of rotatable bonds is 60. The van der Waals surface area contributed by atoms with Gasteiger partial charge in [0.25, 0.3) is 0 Å². The van der Waals surface area contributed by atoms with Crippen molar-refractivity contribution in [2.75, 3.05) is 13.2 Å². The van der Waals surface area contributed by atoms with E-state index in [4.69, 9.17) is 14.2 Å². The van der Waals surface area contributed by atoms with Crippen LogP contribution in [0.25, 0.3) is 0 Å². The first-order chi connectivity index (χ1) is 39.0. The molecule has 452 valence electrons. The van der Waals surface area contributed by atoms with Crippen LogP contribution in [-0.2, 0) is 28.6 Å². The van der Waals surface area contributed by atoms with E-state index in [2.05, 4.69) is 130 Å². The predicted octanol–water partition coefficient (Wildman–Crippen LogP) is 23.0. The lowest BCUT2D eigenvalue weighted by Gasteiger charge is -2.18. The quantitative estimate of drug-likeness (QED) is 0.0261. The fraction of sp³-hybridized carbons (Fsp3) is 0.712. The molecule has 0 spiro atoms. The zero-order chi connectivity index (χ0) is 57.1. The summed E-state index contributed by atoms with van der Waals surface area (Å²) in [5.74, 6) is -0.892. The molecule has 0 aromatic heterocycles. The first kappa shape index (κ1) is 75.1. The van der Waals surface area contributed by atoms with E-state index in [0.717, 1.165) is 122 Å². The second kappa shape index (κ2) is 66.6. The Kier molecular flexibility index (Phi) is 63.3. The molecule has 1 unspecified atom stereocenters. The summed E-state index contributed by atoms with van der Waals surface area (Å²) >= 11 is 0. The van der Waals surface area contributed by atoms with Crippen molar-refractivity contribution < 1.29 is 28.6 Å². The van der Waals surface area contributed by atoms with E-state index < -0.39 is 6.10 Å². The van der Waals surface area contributed by atoms with Gasteiger partial charge in [0, 0.05) is 19.3 Å². The summed E-state index contributed by atoms with van der Waals surface area (Å²) in [6.07, 6.45) is 90.9. The van der Waals surface area contributed by atoms with Crippen LogP contribution in [0.15, 0.2) is 109 Å². The zero-order valence-corrected chi connectivity index (χ0v) is 51.9. The highest BCUT2D eigenvalue weighted by Crippen LogP contribution is 2.16. The molecule has 0 aromatic rings. The molecule has 1 atom stereocenters. The van der Waals surface area contributed by atoms with Crippen LogP contribution in [-0.4, -0.2) is 37.2 Å². The van der Waals surface area contributed by atoms with Crippen molar-refractivity contribution in [3.05, 3.63) is 109 Å². The van der Waals surface area contributed by atoms with E-state index in [-0.39, 0.29) is 31.1 Å². The average molecular weight is 1100 g/mol. The smallest absolute Gasteiger partial charge is 0.306 e. The number of allylic oxidation sites excluding steroid dienone is 18. The molecule has 0 bridgehead atoms. The lowest BCUT2D eigenvalue weighted by Crippen LogP contribution is -2.30. The Labute approximate surface area is 489 Å². The summed E-state index contributed by atoms with van der Waals surface area (Å²) in [4.78, 5) is 38.4. The molecule has 0 radical (unpaired) electrons. The maximum Gasteiger partial charge on any atom is 0.306 e. The minimum atomic E-state index is -0.789. The van der Waals surface area contributed by atoms with Crippen molar-refractivity contribution in [3.63, 3.8) is 0 Å². The lowest BCUT2D eigenvalue weighted by molar-refractivity contribution is -0.167. The predicted molar refractivity (Wildman–Crippen MR) is 343 cm³/mol. The molecule has 0 rings (SSSR count). The number of carbonyl (C=O) groups is 3. The molecule has 0 amide bonds. The van der Waals surface area contributed by atoms with Crippen LogP contribution in [0.1, 0.15) is 316 Å². The number of unbranched alkanes of at least 4 members (excludes halogenated alkanes) is 31. The van der Waals surface area contributed by atoms with Gasteiger partial charge in [-0.25, -0.2) is 0 Å². The van der Waals surface area contributed by atoms with Gasteiger partial charge in [-0.15, -0.1) is 0 Å². The summed E-state index contributed by atoms with van der Waals surface area (Å²) in [5.41, 5.74) is 0. The highest BCUT2D eigenvalue weighted by molar-refractivity contribution is 5.71. The van der Waals surface area contributed by atoms with Crippen molar-refractivity contribution in [3.8, 4) is 0 Å². The van der Waals surface area contributed by atoms with Crippen molar-refractivity contribution in [1.82, 2.24) is 0 Å². The van der Waals surface area contributed by atoms with Crippen molar-refractivity contribution >= 4 is 17.9 Å². The van der Waals surface area contributed by atoms with Crippen LogP contribution in [0, 0.1) is 0 Å². The molecule has 0 aromatic carbocycles. The van der Waals surface area contributed by atoms with E-state index in [9.17, 15) is 14.4 Å². The van der Waals surface area contributed by atoms with Gasteiger partial charge in [0.2, 0.25) is 0 Å². The van der Waals surface area contributed by atoms with Gasteiger partial charge < -0.3 is 14.2 Å². The molecule has 0 aliphatic rings. The maximum absolute atomic E-state index is 12.9. The summed E-state index contributed by atoms with van der Waals surface area (Å²) < 4.78 is 17.0. The molecular formula is C73H124O6. The van der Waals surface area contributed by atoms with Gasteiger partial charge in [0.05, 0.1) is 0 Å². The van der Waals surface area contributed by atoms with Crippen LogP contribution >= 0.6 is 0 Å². The molecule has 0 N–H and O–H groups in total. The first-order valence-corrected chi connectivity index (χ1v) is 33.4. The Morgan fingerprint density at radius 1 is 0.266 bits per heavy atom. The van der Waals surface area contributed by atoms with Gasteiger partial charge in [0.15, 0.2) is 6.10 Å². The minimum Gasteiger partial charge on any atom is -0.462 e. The van der Waals surface area contributed by atoms with E-state index in [0.29, 0.717) is 19.3 Å². The second-order valence-corrected chi connectivity index (χ2v) is 22.0. The topological polar surface area (TPSA) is 78.9 Å². The van der Waals surface area contributed by atoms with Crippen LogP contribution in [0.4, 0.5) is 0 Å². The van der Waals surface area contributed by atoms with Gasteiger partial charge in [-0.2, -0.15) is 0 Å². The van der Waals surface area contributed by atoms with Crippen molar-refractivity contribution in [2.45, 2.75) is 322 Å². The Morgan fingerprint density at radius 2 is 0.494 bits per heavy atom. The number of esters is 3. The Balaban J connectivity index is 4.38. The number of carbonyl (C=O) groups excluding carboxylic acids is 3.